The summed E-state index contributed by atoms with van der Waals surface area (Å²) in [6, 6.07) is 3.14. The van der Waals surface area contributed by atoms with Crippen LogP contribution in [0.25, 0.3) is 0 Å². The molecule has 128 valence electrons. The Bertz CT molecular complexity index is 534. The van der Waals surface area contributed by atoms with Crippen molar-refractivity contribution in [2.24, 2.45) is 0 Å². The number of anilines is 1. The van der Waals surface area contributed by atoms with E-state index in [0.717, 1.165) is 12.8 Å². The van der Waals surface area contributed by atoms with Gasteiger partial charge < -0.3 is 24.4 Å². The van der Waals surface area contributed by atoms with Crippen LogP contribution in [0.4, 0.5) is 5.69 Å². The standard InChI is InChI=1S/C16H24N2O5/c1-6-7-8-18(2)16(20)15(19)17-11-9-12(21-3)14(23-5)13(10-11)22-4/h9-10H,6-8H2,1-5H3,(H,17,19). The summed E-state index contributed by atoms with van der Waals surface area (Å²) in [7, 11) is 6.05. The Morgan fingerprint density at radius 3 is 2.09 bits per heavy atom. The normalized spacial score (nSPS) is 9.96. The van der Waals surface area contributed by atoms with Crippen molar-refractivity contribution in [2.45, 2.75) is 19.8 Å². The summed E-state index contributed by atoms with van der Waals surface area (Å²) < 4.78 is 15.6. The number of rotatable bonds is 7. The fraction of sp³-hybridized carbons (Fsp3) is 0.500. The molecule has 0 spiro atoms. The maximum absolute atomic E-state index is 12.1. The molecule has 0 saturated carbocycles. The Hall–Kier alpha value is -2.44. The minimum absolute atomic E-state index is 0.391. The SMILES string of the molecule is CCCCN(C)C(=O)C(=O)Nc1cc(OC)c(OC)c(OC)c1. The topological polar surface area (TPSA) is 77.1 Å². The van der Waals surface area contributed by atoms with Crippen LogP contribution in [0.1, 0.15) is 19.8 Å². The van der Waals surface area contributed by atoms with Crippen molar-refractivity contribution >= 4 is 17.5 Å². The Balaban J connectivity index is 2.91. The van der Waals surface area contributed by atoms with E-state index >= 15 is 0 Å². The van der Waals surface area contributed by atoms with Gasteiger partial charge in [0.05, 0.1) is 21.3 Å². The molecule has 1 aromatic rings. The highest BCUT2D eigenvalue weighted by Gasteiger charge is 2.20. The highest BCUT2D eigenvalue weighted by Crippen LogP contribution is 2.39. The van der Waals surface area contributed by atoms with E-state index in [2.05, 4.69) is 5.32 Å². The molecule has 2 amide bonds. The molecule has 0 unspecified atom stereocenters. The van der Waals surface area contributed by atoms with Crippen molar-refractivity contribution in [1.29, 1.82) is 0 Å². The zero-order valence-electron chi connectivity index (χ0n) is 14.3. The molecule has 0 aromatic heterocycles. The van der Waals surface area contributed by atoms with Crippen LogP contribution in [0.15, 0.2) is 12.1 Å². The molecular formula is C16H24N2O5. The largest absolute Gasteiger partial charge is 0.493 e. The highest BCUT2D eigenvalue weighted by atomic mass is 16.5. The first-order valence-electron chi connectivity index (χ1n) is 7.34. The van der Waals surface area contributed by atoms with E-state index in [4.69, 9.17) is 14.2 Å². The van der Waals surface area contributed by atoms with Crippen LogP contribution < -0.4 is 19.5 Å². The molecule has 0 fully saturated rings. The Morgan fingerprint density at radius 1 is 1.09 bits per heavy atom. The number of carbonyl (C=O) groups is 2. The summed E-state index contributed by atoms with van der Waals surface area (Å²) in [5, 5.41) is 2.55. The third kappa shape index (κ3) is 4.77. The first-order chi connectivity index (χ1) is 11.0. The highest BCUT2D eigenvalue weighted by molar-refractivity contribution is 6.39. The summed E-state index contributed by atoms with van der Waals surface area (Å²) in [6.07, 6.45) is 1.80. The minimum atomic E-state index is -0.710. The van der Waals surface area contributed by atoms with E-state index in [1.165, 1.54) is 26.2 Å². The maximum atomic E-state index is 12.1. The van der Waals surface area contributed by atoms with Crippen LogP contribution in [0, 0.1) is 0 Å². The first kappa shape index (κ1) is 18.6. The number of amides is 2. The van der Waals surface area contributed by atoms with Crippen molar-refractivity contribution < 1.29 is 23.8 Å². The average Bonchev–Trinajstić information content (AvgIpc) is 2.57. The van der Waals surface area contributed by atoms with Gasteiger partial charge in [0.1, 0.15) is 0 Å². The van der Waals surface area contributed by atoms with Crippen LogP contribution in [0.2, 0.25) is 0 Å². The van der Waals surface area contributed by atoms with Crippen molar-refractivity contribution in [3.8, 4) is 17.2 Å². The zero-order chi connectivity index (χ0) is 17.4. The molecular weight excluding hydrogens is 300 g/mol. The van der Waals surface area contributed by atoms with E-state index in [1.54, 1.807) is 19.2 Å². The molecule has 0 aliphatic heterocycles. The quantitative estimate of drug-likeness (QED) is 0.775. The number of unbranched alkanes of at least 4 members (excludes halogenated alkanes) is 1. The number of hydrogen-bond acceptors (Lipinski definition) is 5. The number of carbonyl (C=O) groups excluding carboxylic acids is 2. The summed E-state index contributed by atoms with van der Waals surface area (Å²) in [4.78, 5) is 25.5. The molecule has 0 saturated heterocycles. The summed E-state index contributed by atoms with van der Waals surface area (Å²) in [5.41, 5.74) is 0.391. The molecule has 0 aliphatic carbocycles. The van der Waals surface area contributed by atoms with Gasteiger partial charge in [-0.2, -0.15) is 0 Å². The summed E-state index contributed by atoms with van der Waals surface area (Å²) in [5.74, 6) is -0.0904. The van der Waals surface area contributed by atoms with Gasteiger partial charge in [-0.05, 0) is 6.42 Å². The molecule has 7 heteroatoms. The number of benzene rings is 1. The van der Waals surface area contributed by atoms with Crippen LogP contribution in [-0.4, -0.2) is 51.6 Å². The zero-order valence-corrected chi connectivity index (χ0v) is 14.3. The predicted octanol–water partition coefficient (Wildman–Crippen LogP) is 1.91. The van der Waals surface area contributed by atoms with Gasteiger partial charge >= 0.3 is 11.8 Å². The van der Waals surface area contributed by atoms with Crippen LogP contribution in [0.5, 0.6) is 17.2 Å². The molecule has 0 heterocycles. The van der Waals surface area contributed by atoms with Gasteiger partial charge in [0.2, 0.25) is 5.75 Å². The van der Waals surface area contributed by atoms with Gasteiger partial charge in [-0.15, -0.1) is 0 Å². The third-order valence-electron chi connectivity index (χ3n) is 3.31. The molecule has 0 bridgehead atoms. The predicted molar refractivity (Wildman–Crippen MR) is 87.3 cm³/mol. The molecule has 0 radical (unpaired) electrons. The van der Waals surface area contributed by atoms with Crippen molar-refractivity contribution in [3.63, 3.8) is 0 Å². The van der Waals surface area contributed by atoms with Gasteiger partial charge in [-0.25, -0.2) is 0 Å². The smallest absolute Gasteiger partial charge is 0.313 e. The van der Waals surface area contributed by atoms with E-state index in [0.29, 0.717) is 29.5 Å². The van der Waals surface area contributed by atoms with Gasteiger partial charge in [0.15, 0.2) is 11.5 Å². The Labute approximate surface area is 136 Å². The van der Waals surface area contributed by atoms with Crippen molar-refractivity contribution in [1.82, 2.24) is 4.90 Å². The van der Waals surface area contributed by atoms with E-state index in [1.807, 2.05) is 6.92 Å². The van der Waals surface area contributed by atoms with Gasteiger partial charge in [0, 0.05) is 31.4 Å². The lowest BCUT2D eigenvalue weighted by molar-refractivity contribution is -0.142. The third-order valence-corrected chi connectivity index (χ3v) is 3.31. The van der Waals surface area contributed by atoms with Gasteiger partial charge in [-0.3, -0.25) is 9.59 Å². The van der Waals surface area contributed by atoms with Crippen molar-refractivity contribution in [2.75, 3.05) is 40.2 Å². The maximum Gasteiger partial charge on any atom is 0.313 e. The van der Waals surface area contributed by atoms with E-state index < -0.39 is 11.8 Å². The second-order valence-corrected chi connectivity index (χ2v) is 4.95. The summed E-state index contributed by atoms with van der Waals surface area (Å²) >= 11 is 0. The van der Waals surface area contributed by atoms with Gasteiger partial charge in [0.25, 0.3) is 0 Å². The van der Waals surface area contributed by atoms with Crippen LogP contribution in [0.3, 0.4) is 0 Å². The summed E-state index contributed by atoms with van der Waals surface area (Å²) in [6.45, 7) is 2.56. The molecule has 1 rings (SSSR count). The number of likely N-dealkylation sites (N-methyl/N-ethyl adjacent to an activating group) is 1. The van der Waals surface area contributed by atoms with Gasteiger partial charge in [-0.1, -0.05) is 13.3 Å². The van der Waals surface area contributed by atoms with E-state index in [9.17, 15) is 9.59 Å². The van der Waals surface area contributed by atoms with Crippen molar-refractivity contribution in [3.05, 3.63) is 12.1 Å². The fourth-order valence-electron chi connectivity index (χ4n) is 2.01. The Kier molecular flexibility index (Phi) is 7.18. The lowest BCUT2D eigenvalue weighted by atomic mass is 10.2. The lowest BCUT2D eigenvalue weighted by Crippen LogP contribution is -2.37. The lowest BCUT2D eigenvalue weighted by Gasteiger charge is -2.17. The number of nitrogens with zero attached hydrogens (tertiary/aromatic N) is 1. The average molecular weight is 324 g/mol. The number of ether oxygens (including phenoxy) is 3. The number of nitrogens with one attached hydrogen (secondary N) is 1. The Morgan fingerprint density at radius 2 is 1.65 bits per heavy atom. The molecule has 7 nitrogen and oxygen atoms in total. The molecule has 0 atom stereocenters. The second kappa shape index (κ2) is 8.87. The molecule has 0 aliphatic rings. The number of hydrogen-bond donors (Lipinski definition) is 1. The van der Waals surface area contributed by atoms with Crippen LogP contribution >= 0.6 is 0 Å². The van der Waals surface area contributed by atoms with E-state index in [-0.39, 0.29) is 0 Å². The molecule has 23 heavy (non-hydrogen) atoms. The second-order valence-electron chi connectivity index (χ2n) is 4.95. The molecule has 1 aromatic carbocycles. The van der Waals surface area contributed by atoms with Crippen LogP contribution in [-0.2, 0) is 9.59 Å². The first-order valence-corrected chi connectivity index (χ1v) is 7.34. The molecule has 1 N–H and O–H groups in total. The monoisotopic (exact) mass is 324 g/mol. The fourth-order valence-corrected chi connectivity index (χ4v) is 2.01. The number of methoxy groups -OCH3 is 3. The minimum Gasteiger partial charge on any atom is -0.493 e.